The van der Waals surface area contributed by atoms with Crippen LogP contribution in [0.15, 0.2) is 84.9 Å². The molecule has 2 N–H and O–H groups in total. The van der Waals surface area contributed by atoms with E-state index in [1.54, 1.807) is 72.8 Å². The molecule has 0 amide bonds. The molecule has 0 radical (unpaired) electrons. The zero-order valence-corrected chi connectivity index (χ0v) is 12.9. The number of hydrogen-bond donors (Lipinski definition) is 2. The predicted molar refractivity (Wildman–Crippen MR) is 90.3 cm³/mol. The molecular weight excluding hydrogens is 300 g/mol. The van der Waals surface area contributed by atoms with E-state index in [1.165, 1.54) is 0 Å². The molecule has 0 heterocycles. The summed E-state index contributed by atoms with van der Waals surface area (Å²) < 4.78 is 0. The van der Waals surface area contributed by atoms with Gasteiger partial charge >= 0.3 is 0 Å². The quantitative estimate of drug-likeness (QED) is 0.764. The van der Waals surface area contributed by atoms with Crippen molar-refractivity contribution in [2.75, 3.05) is 0 Å². The molecule has 3 aromatic carbocycles. The molecule has 0 spiro atoms. The van der Waals surface area contributed by atoms with Crippen LogP contribution in [-0.2, 0) is 16.0 Å². The van der Waals surface area contributed by atoms with Crippen LogP contribution < -0.4 is 0 Å². The van der Waals surface area contributed by atoms with Gasteiger partial charge in [-0.05, 0) is 11.1 Å². The summed E-state index contributed by atoms with van der Waals surface area (Å²) >= 11 is 0. The fraction of sp³-hybridized carbons (Fsp3) is 0.0952. The van der Waals surface area contributed by atoms with E-state index in [9.17, 15) is 15.0 Å². The average molecular weight is 316 g/mol. The molecule has 4 rings (SSSR count). The third-order valence-electron chi connectivity index (χ3n) is 4.75. The van der Waals surface area contributed by atoms with Crippen LogP contribution in [0.5, 0.6) is 0 Å². The molecule has 0 bridgehead atoms. The van der Waals surface area contributed by atoms with Gasteiger partial charge < -0.3 is 10.2 Å². The van der Waals surface area contributed by atoms with Crippen LogP contribution in [0.2, 0.25) is 0 Å². The third-order valence-corrected chi connectivity index (χ3v) is 4.75. The van der Waals surface area contributed by atoms with Crippen LogP contribution in [0, 0.1) is 0 Å². The van der Waals surface area contributed by atoms with E-state index in [1.807, 2.05) is 12.1 Å². The molecule has 2 atom stereocenters. The topological polar surface area (TPSA) is 57.5 Å². The van der Waals surface area contributed by atoms with Crippen molar-refractivity contribution in [3.05, 3.63) is 107 Å². The molecule has 3 aromatic rings. The summed E-state index contributed by atoms with van der Waals surface area (Å²) in [5.41, 5.74) is -1.99. The number of benzene rings is 3. The van der Waals surface area contributed by atoms with Crippen LogP contribution in [0.4, 0.5) is 0 Å². The lowest BCUT2D eigenvalue weighted by Crippen LogP contribution is -2.43. The molecule has 0 fully saturated rings. The predicted octanol–water partition coefficient (Wildman–Crippen LogP) is 2.74. The van der Waals surface area contributed by atoms with E-state index >= 15 is 0 Å². The van der Waals surface area contributed by atoms with Gasteiger partial charge in [0.25, 0.3) is 0 Å². The van der Waals surface area contributed by atoms with Crippen molar-refractivity contribution in [1.29, 1.82) is 0 Å². The molecular formula is C21H16O3. The van der Waals surface area contributed by atoms with Gasteiger partial charge in [-0.1, -0.05) is 84.9 Å². The molecule has 3 heteroatoms. The van der Waals surface area contributed by atoms with Gasteiger partial charge in [-0.2, -0.15) is 0 Å². The van der Waals surface area contributed by atoms with Crippen molar-refractivity contribution in [1.82, 2.24) is 0 Å². The maximum absolute atomic E-state index is 13.3. The highest BCUT2D eigenvalue weighted by atomic mass is 16.3. The second-order valence-electron chi connectivity index (χ2n) is 6.03. The molecule has 1 aliphatic rings. The number of fused-ring (bicyclic) bond motifs is 1. The van der Waals surface area contributed by atoms with Gasteiger partial charge in [-0.25, -0.2) is 0 Å². The Labute approximate surface area is 139 Å². The maximum atomic E-state index is 13.3. The highest BCUT2D eigenvalue weighted by Crippen LogP contribution is 2.50. The fourth-order valence-corrected chi connectivity index (χ4v) is 3.55. The summed E-state index contributed by atoms with van der Waals surface area (Å²) in [5.74, 6) is -0.645. The lowest BCUT2D eigenvalue weighted by molar-refractivity contribution is -0.146. The third kappa shape index (κ3) is 1.77. The van der Waals surface area contributed by atoms with Crippen molar-refractivity contribution < 1.29 is 15.0 Å². The number of hydrogen-bond acceptors (Lipinski definition) is 3. The molecule has 0 aromatic heterocycles. The minimum Gasteiger partial charge on any atom is -0.373 e. The minimum absolute atomic E-state index is 0.424. The van der Waals surface area contributed by atoms with Crippen LogP contribution in [-0.4, -0.2) is 16.0 Å². The van der Waals surface area contributed by atoms with Gasteiger partial charge in [0.05, 0.1) is 0 Å². The Morgan fingerprint density at radius 1 is 0.542 bits per heavy atom. The largest absolute Gasteiger partial charge is 0.373 e. The van der Waals surface area contributed by atoms with Crippen molar-refractivity contribution in [2.24, 2.45) is 0 Å². The Kier molecular flexibility index (Phi) is 3.17. The van der Waals surface area contributed by atoms with Crippen LogP contribution >= 0.6 is 0 Å². The second-order valence-corrected chi connectivity index (χ2v) is 6.03. The smallest absolute Gasteiger partial charge is 0.214 e. The summed E-state index contributed by atoms with van der Waals surface area (Å²) in [4.78, 5) is 13.3. The number of carbonyl (C=O) groups excluding carboxylic acids is 1. The van der Waals surface area contributed by atoms with Crippen LogP contribution in [0.1, 0.15) is 22.3 Å². The molecule has 118 valence electrons. The molecule has 1 aliphatic carbocycles. The Bertz CT molecular complexity index is 830. The first-order valence-electron chi connectivity index (χ1n) is 7.80. The molecule has 2 unspecified atom stereocenters. The van der Waals surface area contributed by atoms with E-state index in [2.05, 4.69) is 0 Å². The minimum atomic E-state index is -1.87. The zero-order chi connectivity index (χ0) is 16.8. The van der Waals surface area contributed by atoms with Gasteiger partial charge in [0.1, 0.15) is 0 Å². The first-order chi connectivity index (χ1) is 11.6. The maximum Gasteiger partial charge on any atom is 0.214 e. The zero-order valence-electron chi connectivity index (χ0n) is 12.9. The van der Waals surface area contributed by atoms with Gasteiger partial charge in [-0.15, -0.1) is 0 Å². The number of Topliss-reactive ketones (excluding diaryl/α,β-unsaturated/α-hetero) is 1. The Morgan fingerprint density at radius 2 is 0.875 bits per heavy atom. The summed E-state index contributed by atoms with van der Waals surface area (Å²) in [6, 6.07) is 24.4. The van der Waals surface area contributed by atoms with E-state index < -0.39 is 17.0 Å². The summed E-state index contributed by atoms with van der Waals surface area (Å²) in [7, 11) is 0. The summed E-state index contributed by atoms with van der Waals surface area (Å²) in [5, 5.41) is 22.7. The fourth-order valence-electron chi connectivity index (χ4n) is 3.55. The molecule has 0 saturated carbocycles. The van der Waals surface area contributed by atoms with E-state index in [-0.39, 0.29) is 0 Å². The highest BCUT2D eigenvalue weighted by molar-refractivity contribution is 6.06. The van der Waals surface area contributed by atoms with E-state index in [4.69, 9.17) is 0 Å². The normalized spacial score (nSPS) is 25.5. The summed E-state index contributed by atoms with van der Waals surface area (Å²) in [6.07, 6.45) is 0. The molecule has 3 nitrogen and oxygen atoms in total. The lowest BCUT2D eigenvalue weighted by atomic mass is 9.83. The molecule has 0 saturated heterocycles. The monoisotopic (exact) mass is 316 g/mol. The number of rotatable bonds is 2. The van der Waals surface area contributed by atoms with Gasteiger partial charge in [-0.3, -0.25) is 4.79 Å². The van der Waals surface area contributed by atoms with Crippen molar-refractivity contribution >= 4 is 5.78 Å². The van der Waals surface area contributed by atoms with Crippen molar-refractivity contribution in [3.63, 3.8) is 0 Å². The van der Waals surface area contributed by atoms with E-state index in [0.717, 1.165) is 0 Å². The van der Waals surface area contributed by atoms with E-state index in [0.29, 0.717) is 22.3 Å². The SMILES string of the molecule is O=C1C(O)(c2ccccc2)c2ccccc2C1(O)c1ccccc1. The number of ketones is 1. The Morgan fingerprint density at radius 3 is 1.25 bits per heavy atom. The average Bonchev–Trinajstić information content (AvgIpc) is 2.84. The summed E-state index contributed by atoms with van der Waals surface area (Å²) in [6.45, 7) is 0. The molecule has 24 heavy (non-hydrogen) atoms. The lowest BCUT2D eigenvalue weighted by Gasteiger charge is -2.27. The molecule has 0 aliphatic heterocycles. The number of carbonyl (C=O) groups is 1. The van der Waals surface area contributed by atoms with Gasteiger partial charge in [0.15, 0.2) is 11.2 Å². The Hall–Kier alpha value is -2.75. The van der Waals surface area contributed by atoms with Crippen LogP contribution in [0.3, 0.4) is 0 Å². The van der Waals surface area contributed by atoms with Crippen molar-refractivity contribution in [2.45, 2.75) is 11.2 Å². The van der Waals surface area contributed by atoms with Crippen molar-refractivity contribution in [3.8, 4) is 0 Å². The van der Waals surface area contributed by atoms with Gasteiger partial charge in [0.2, 0.25) is 5.78 Å². The highest BCUT2D eigenvalue weighted by Gasteiger charge is 2.60. The number of aliphatic hydroxyl groups is 2. The van der Waals surface area contributed by atoms with Gasteiger partial charge in [0, 0.05) is 11.1 Å². The second kappa shape index (κ2) is 5.13. The standard InChI is InChI=1S/C21H16O3/c22-19-20(23,15-9-3-1-4-10-15)17-13-7-8-14-18(17)21(19,24)16-11-5-2-6-12-16/h1-14,23-24H. The Balaban J connectivity index is 2.03. The van der Waals surface area contributed by atoms with Crippen LogP contribution in [0.25, 0.3) is 0 Å². The first-order valence-corrected chi connectivity index (χ1v) is 7.80. The first kappa shape index (κ1) is 14.8.